The fourth-order valence-corrected chi connectivity index (χ4v) is 2.25. The van der Waals surface area contributed by atoms with E-state index in [0.717, 1.165) is 22.9 Å². The Bertz CT molecular complexity index is 404. The molecule has 0 atom stereocenters. The molecule has 3 nitrogen and oxygen atoms in total. The van der Waals surface area contributed by atoms with Gasteiger partial charge in [-0.05, 0) is 38.8 Å². The predicted molar refractivity (Wildman–Crippen MR) is 67.0 cm³/mol. The van der Waals surface area contributed by atoms with Gasteiger partial charge in [-0.2, -0.15) is 0 Å². The fraction of sp³-hybridized carbons (Fsp3) is 0.538. The van der Waals surface area contributed by atoms with E-state index in [0.29, 0.717) is 5.92 Å². The zero-order valence-electron chi connectivity index (χ0n) is 10.0. The average Bonchev–Trinajstić information content (AvgIpc) is 2.75. The van der Waals surface area contributed by atoms with Crippen LogP contribution in [0.25, 0.3) is 0 Å². The van der Waals surface area contributed by atoms with Crippen molar-refractivity contribution >= 4 is 11.5 Å². The molecular formula is C13H19N3. The van der Waals surface area contributed by atoms with Gasteiger partial charge in [0.15, 0.2) is 0 Å². The second kappa shape index (κ2) is 4.64. The second-order valence-corrected chi connectivity index (χ2v) is 4.58. The first kappa shape index (κ1) is 11.1. The Morgan fingerprint density at radius 2 is 2.00 bits per heavy atom. The van der Waals surface area contributed by atoms with Crippen LogP contribution in [0.1, 0.15) is 37.1 Å². The Balaban J connectivity index is 2.20. The van der Waals surface area contributed by atoms with Crippen LogP contribution < -0.4 is 5.73 Å². The number of nitrogens with two attached hydrogens (primary N) is 1. The van der Waals surface area contributed by atoms with Crippen LogP contribution in [0.5, 0.6) is 0 Å². The van der Waals surface area contributed by atoms with Gasteiger partial charge in [-0.25, -0.2) is 4.99 Å². The molecule has 16 heavy (non-hydrogen) atoms. The molecule has 0 aliphatic heterocycles. The normalized spacial score (nSPS) is 18.0. The number of pyridine rings is 1. The maximum atomic E-state index is 6.04. The van der Waals surface area contributed by atoms with Gasteiger partial charge in [0, 0.05) is 11.6 Å². The van der Waals surface area contributed by atoms with Crippen molar-refractivity contribution < 1.29 is 0 Å². The van der Waals surface area contributed by atoms with E-state index in [1.54, 1.807) is 0 Å². The lowest BCUT2D eigenvalue weighted by Gasteiger charge is -2.09. The van der Waals surface area contributed by atoms with E-state index in [1.165, 1.54) is 25.7 Å². The maximum absolute atomic E-state index is 6.04. The van der Waals surface area contributed by atoms with Crippen molar-refractivity contribution in [3.05, 3.63) is 23.5 Å². The zero-order chi connectivity index (χ0) is 11.5. The first-order valence-electron chi connectivity index (χ1n) is 5.95. The molecule has 0 amide bonds. The molecule has 0 radical (unpaired) electrons. The number of hydrogen-bond donors (Lipinski definition) is 1. The Morgan fingerprint density at radius 3 is 2.62 bits per heavy atom. The number of aliphatic imine (C=N–C) groups is 1. The molecule has 0 bridgehead atoms. The average molecular weight is 217 g/mol. The van der Waals surface area contributed by atoms with Gasteiger partial charge in [0.05, 0.1) is 11.4 Å². The van der Waals surface area contributed by atoms with Crippen LogP contribution >= 0.6 is 0 Å². The molecule has 1 aromatic heterocycles. The van der Waals surface area contributed by atoms with Crippen LogP contribution in [0.3, 0.4) is 0 Å². The third-order valence-corrected chi connectivity index (χ3v) is 3.22. The Morgan fingerprint density at radius 1 is 1.31 bits per heavy atom. The highest BCUT2D eigenvalue weighted by atomic mass is 14.9. The molecule has 0 aromatic carbocycles. The summed E-state index contributed by atoms with van der Waals surface area (Å²) < 4.78 is 0. The minimum absolute atomic E-state index is 0.487. The zero-order valence-corrected chi connectivity index (χ0v) is 10.0. The molecule has 0 saturated heterocycles. The molecule has 1 aliphatic carbocycles. The summed E-state index contributed by atoms with van der Waals surface area (Å²) in [6.07, 6.45) is 4.94. The number of nitrogens with zero attached hydrogens (tertiary/aromatic N) is 2. The highest BCUT2D eigenvalue weighted by Gasteiger charge is 2.18. The van der Waals surface area contributed by atoms with E-state index in [9.17, 15) is 0 Å². The van der Waals surface area contributed by atoms with Gasteiger partial charge in [-0.15, -0.1) is 0 Å². The fourth-order valence-electron chi connectivity index (χ4n) is 2.25. The predicted octanol–water partition coefficient (Wildman–Crippen LogP) is 2.88. The van der Waals surface area contributed by atoms with Crippen molar-refractivity contribution in [2.45, 2.75) is 39.5 Å². The van der Waals surface area contributed by atoms with Crippen molar-refractivity contribution in [2.75, 3.05) is 0 Å². The lowest BCUT2D eigenvalue weighted by Crippen LogP contribution is -2.20. The minimum atomic E-state index is 0.487. The highest BCUT2D eigenvalue weighted by Crippen LogP contribution is 2.26. The summed E-state index contributed by atoms with van der Waals surface area (Å²) in [5.41, 5.74) is 8.94. The van der Waals surface area contributed by atoms with Crippen LogP contribution in [0.4, 0.5) is 5.69 Å². The molecule has 2 N–H and O–H groups in total. The van der Waals surface area contributed by atoms with Crippen molar-refractivity contribution in [3.63, 3.8) is 0 Å². The molecule has 0 unspecified atom stereocenters. The minimum Gasteiger partial charge on any atom is -0.387 e. The van der Waals surface area contributed by atoms with E-state index >= 15 is 0 Å². The number of rotatable bonds is 2. The lowest BCUT2D eigenvalue weighted by atomic mass is 10.1. The van der Waals surface area contributed by atoms with Crippen LogP contribution in [-0.2, 0) is 0 Å². The highest BCUT2D eigenvalue weighted by molar-refractivity contribution is 5.85. The molecule has 1 saturated carbocycles. The van der Waals surface area contributed by atoms with E-state index < -0.39 is 0 Å². The molecule has 3 heteroatoms. The van der Waals surface area contributed by atoms with Crippen LogP contribution in [0.15, 0.2) is 17.1 Å². The third kappa shape index (κ3) is 2.40. The largest absolute Gasteiger partial charge is 0.387 e. The lowest BCUT2D eigenvalue weighted by molar-refractivity contribution is 0.722. The molecular weight excluding hydrogens is 198 g/mol. The summed E-state index contributed by atoms with van der Waals surface area (Å²) in [7, 11) is 0. The molecule has 1 aromatic rings. The van der Waals surface area contributed by atoms with Crippen molar-refractivity contribution in [1.82, 2.24) is 4.98 Å². The number of aryl methyl sites for hydroxylation is 2. The van der Waals surface area contributed by atoms with Gasteiger partial charge < -0.3 is 5.73 Å². The van der Waals surface area contributed by atoms with Crippen LogP contribution in [0.2, 0.25) is 0 Å². The van der Waals surface area contributed by atoms with Crippen molar-refractivity contribution in [1.29, 1.82) is 0 Å². The van der Waals surface area contributed by atoms with Gasteiger partial charge in [0.1, 0.15) is 5.84 Å². The van der Waals surface area contributed by atoms with E-state index in [-0.39, 0.29) is 0 Å². The Kier molecular flexibility index (Phi) is 3.22. The van der Waals surface area contributed by atoms with E-state index in [1.807, 2.05) is 26.0 Å². The Labute approximate surface area is 96.8 Å². The molecule has 2 rings (SSSR count). The third-order valence-electron chi connectivity index (χ3n) is 3.22. The molecule has 1 aliphatic rings. The first-order valence-corrected chi connectivity index (χ1v) is 5.95. The van der Waals surface area contributed by atoms with Crippen molar-refractivity contribution in [2.24, 2.45) is 16.6 Å². The van der Waals surface area contributed by atoms with Crippen LogP contribution in [0, 0.1) is 19.8 Å². The summed E-state index contributed by atoms with van der Waals surface area (Å²) >= 11 is 0. The van der Waals surface area contributed by atoms with E-state index in [2.05, 4.69) is 9.98 Å². The topological polar surface area (TPSA) is 51.3 Å². The van der Waals surface area contributed by atoms with E-state index in [4.69, 9.17) is 5.73 Å². The van der Waals surface area contributed by atoms with Gasteiger partial charge in [0.2, 0.25) is 0 Å². The summed E-state index contributed by atoms with van der Waals surface area (Å²) in [5.74, 6) is 1.27. The molecule has 1 heterocycles. The van der Waals surface area contributed by atoms with Gasteiger partial charge in [0.25, 0.3) is 0 Å². The number of amidine groups is 1. The standard InChI is InChI=1S/C13H19N3/c1-9-7-8-12(10(2)15-9)16-13(14)11-5-3-4-6-11/h7-8,11H,3-6H2,1-2H3,(H2,14,16). The summed E-state index contributed by atoms with van der Waals surface area (Å²) in [6.45, 7) is 3.97. The first-order chi connectivity index (χ1) is 7.66. The summed E-state index contributed by atoms with van der Waals surface area (Å²) in [4.78, 5) is 8.90. The van der Waals surface area contributed by atoms with Gasteiger partial charge >= 0.3 is 0 Å². The van der Waals surface area contributed by atoms with Gasteiger partial charge in [-0.1, -0.05) is 12.8 Å². The maximum Gasteiger partial charge on any atom is 0.103 e. The Hall–Kier alpha value is -1.38. The molecule has 0 spiro atoms. The smallest absolute Gasteiger partial charge is 0.103 e. The second-order valence-electron chi connectivity index (χ2n) is 4.58. The quantitative estimate of drug-likeness (QED) is 0.611. The van der Waals surface area contributed by atoms with Crippen molar-refractivity contribution in [3.8, 4) is 0 Å². The molecule has 86 valence electrons. The monoisotopic (exact) mass is 217 g/mol. The number of aromatic nitrogens is 1. The van der Waals surface area contributed by atoms with Gasteiger partial charge in [-0.3, -0.25) is 4.98 Å². The molecule has 1 fully saturated rings. The SMILES string of the molecule is Cc1ccc(N=C(N)C2CCCC2)c(C)n1. The summed E-state index contributed by atoms with van der Waals surface area (Å²) in [6, 6.07) is 3.98. The number of hydrogen-bond acceptors (Lipinski definition) is 2. The van der Waals surface area contributed by atoms with Crippen LogP contribution in [-0.4, -0.2) is 10.8 Å². The summed E-state index contributed by atoms with van der Waals surface area (Å²) in [5, 5.41) is 0.